The van der Waals surface area contributed by atoms with Gasteiger partial charge in [0.25, 0.3) is 0 Å². The molecule has 19 heavy (non-hydrogen) atoms. The normalized spacial score (nSPS) is 11.6. The summed E-state index contributed by atoms with van der Waals surface area (Å²) in [5, 5.41) is 4.56. The maximum Gasteiger partial charge on any atom is 0.186 e. The van der Waals surface area contributed by atoms with E-state index in [-0.39, 0.29) is 0 Å². The van der Waals surface area contributed by atoms with E-state index in [1.165, 1.54) is 4.88 Å². The number of hydrogen-bond acceptors (Lipinski definition) is 5. The second kappa shape index (κ2) is 7.82. The fourth-order valence-electron chi connectivity index (χ4n) is 1.76. The van der Waals surface area contributed by atoms with Gasteiger partial charge in [-0.05, 0) is 20.8 Å². The zero-order chi connectivity index (χ0) is 14.4. The van der Waals surface area contributed by atoms with Crippen LogP contribution in [0.2, 0.25) is 0 Å². The van der Waals surface area contributed by atoms with Crippen molar-refractivity contribution < 1.29 is 4.74 Å². The molecule has 0 atom stereocenters. The van der Waals surface area contributed by atoms with E-state index in [1.807, 2.05) is 0 Å². The molecule has 0 radical (unpaired) electrons. The van der Waals surface area contributed by atoms with Gasteiger partial charge < -0.3 is 15.0 Å². The molecule has 5 heteroatoms. The number of methoxy groups -OCH3 is 1. The van der Waals surface area contributed by atoms with Crippen molar-refractivity contribution in [2.24, 2.45) is 0 Å². The number of aryl methyl sites for hydroxylation is 1. The maximum absolute atomic E-state index is 5.18. The van der Waals surface area contributed by atoms with Gasteiger partial charge in [-0.2, -0.15) is 0 Å². The van der Waals surface area contributed by atoms with E-state index in [4.69, 9.17) is 9.72 Å². The minimum atomic E-state index is 0.437. The predicted octanol–water partition coefficient (Wildman–Crippen LogP) is 2.81. The average molecular weight is 285 g/mol. The van der Waals surface area contributed by atoms with Crippen LogP contribution >= 0.6 is 11.3 Å². The van der Waals surface area contributed by atoms with Gasteiger partial charge in [-0.25, -0.2) is 4.98 Å². The van der Waals surface area contributed by atoms with Crippen LogP contribution < -0.4 is 10.2 Å². The van der Waals surface area contributed by atoms with Crippen LogP contribution in [0.4, 0.5) is 5.13 Å². The number of nitrogens with zero attached hydrogens (tertiary/aromatic N) is 2. The Labute approximate surface area is 121 Å². The van der Waals surface area contributed by atoms with Crippen LogP contribution in [-0.4, -0.2) is 37.3 Å². The Hall–Kier alpha value is -0.650. The Morgan fingerprint density at radius 3 is 2.53 bits per heavy atom. The van der Waals surface area contributed by atoms with Crippen molar-refractivity contribution in [3.05, 3.63) is 10.6 Å². The Kier molecular flexibility index (Phi) is 6.75. The second-order valence-corrected chi connectivity index (χ2v) is 6.38. The van der Waals surface area contributed by atoms with E-state index in [0.29, 0.717) is 12.1 Å². The number of hydrogen-bond donors (Lipinski definition) is 1. The van der Waals surface area contributed by atoms with Crippen LogP contribution in [0.1, 0.15) is 38.3 Å². The summed E-state index contributed by atoms with van der Waals surface area (Å²) >= 11 is 1.79. The third-order valence-corrected chi connectivity index (χ3v) is 4.15. The van der Waals surface area contributed by atoms with Crippen molar-refractivity contribution in [3.63, 3.8) is 0 Å². The molecule has 0 saturated heterocycles. The number of anilines is 1. The van der Waals surface area contributed by atoms with E-state index >= 15 is 0 Å². The molecule has 0 aliphatic carbocycles. The Morgan fingerprint density at radius 1 is 1.32 bits per heavy atom. The molecule has 0 aliphatic heterocycles. The number of nitrogens with one attached hydrogen (secondary N) is 1. The minimum absolute atomic E-state index is 0.437. The molecule has 0 aliphatic rings. The van der Waals surface area contributed by atoms with Gasteiger partial charge >= 0.3 is 0 Å². The first kappa shape index (κ1) is 16.4. The first-order chi connectivity index (χ1) is 8.95. The molecular formula is C14H27N3OS. The summed E-state index contributed by atoms with van der Waals surface area (Å²) in [7, 11) is 1.74. The highest BCUT2D eigenvalue weighted by molar-refractivity contribution is 7.15. The highest BCUT2D eigenvalue weighted by Gasteiger charge is 2.16. The average Bonchev–Trinajstić information content (AvgIpc) is 2.68. The van der Waals surface area contributed by atoms with Crippen molar-refractivity contribution in [1.29, 1.82) is 0 Å². The van der Waals surface area contributed by atoms with Gasteiger partial charge in [-0.15, -0.1) is 11.3 Å². The second-order valence-electron chi connectivity index (χ2n) is 5.32. The molecule has 1 N–H and O–H groups in total. The van der Waals surface area contributed by atoms with Crippen LogP contribution in [0.25, 0.3) is 0 Å². The number of aromatic nitrogens is 1. The van der Waals surface area contributed by atoms with Gasteiger partial charge in [0.1, 0.15) is 0 Å². The monoisotopic (exact) mass is 285 g/mol. The SMILES string of the molecule is COCCN(c1nc(C)c(CNC(C)C)s1)C(C)C. The molecule has 1 aromatic rings. The van der Waals surface area contributed by atoms with Crippen LogP contribution in [0.3, 0.4) is 0 Å². The lowest BCUT2D eigenvalue weighted by Gasteiger charge is -2.25. The topological polar surface area (TPSA) is 37.4 Å². The lowest BCUT2D eigenvalue weighted by atomic mass is 10.3. The summed E-state index contributed by atoms with van der Waals surface area (Å²) in [6.45, 7) is 13.3. The van der Waals surface area contributed by atoms with Gasteiger partial charge in [0.05, 0.1) is 12.3 Å². The molecule has 0 unspecified atom stereocenters. The van der Waals surface area contributed by atoms with E-state index < -0.39 is 0 Å². The summed E-state index contributed by atoms with van der Waals surface area (Å²) in [6, 6.07) is 0.936. The largest absolute Gasteiger partial charge is 0.383 e. The molecule has 0 fully saturated rings. The van der Waals surface area contributed by atoms with Crippen molar-refractivity contribution in [3.8, 4) is 0 Å². The summed E-state index contributed by atoms with van der Waals surface area (Å²) in [5.41, 5.74) is 1.14. The summed E-state index contributed by atoms with van der Waals surface area (Å²) in [4.78, 5) is 8.34. The molecule has 0 aromatic carbocycles. The van der Waals surface area contributed by atoms with E-state index in [2.05, 4.69) is 44.8 Å². The van der Waals surface area contributed by atoms with Gasteiger partial charge in [0.2, 0.25) is 0 Å². The summed E-state index contributed by atoms with van der Waals surface area (Å²) in [6.07, 6.45) is 0. The van der Waals surface area contributed by atoms with Crippen LogP contribution in [0.15, 0.2) is 0 Å². The molecule has 0 saturated carbocycles. The lowest BCUT2D eigenvalue weighted by Crippen LogP contribution is -2.33. The van der Waals surface area contributed by atoms with Crippen molar-refractivity contribution in [1.82, 2.24) is 10.3 Å². The predicted molar refractivity (Wildman–Crippen MR) is 83.2 cm³/mol. The molecular weight excluding hydrogens is 258 g/mol. The molecule has 0 spiro atoms. The van der Waals surface area contributed by atoms with Gasteiger partial charge in [-0.3, -0.25) is 0 Å². The maximum atomic E-state index is 5.18. The smallest absolute Gasteiger partial charge is 0.186 e. The molecule has 0 amide bonds. The van der Waals surface area contributed by atoms with Crippen LogP contribution in [0.5, 0.6) is 0 Å². The Bertz CT molecular complexity index is 377. The molecule has 0 bridgehead atoms. The third-order valence-electron chi connectivity index (χ3n) is 2.96. The number of ether oxygens (including phenoxy) is 1. The molecule has 1 aromatic heterocycles. The summed E-state index contributed by atoms with van der Waals surface area (Å²) in [5.74, 6) is 0. The quantitative estimate of drug-likeness (QED) is 0.797. The zero-order valence-corrected chi connectivity index (χ0v) is 13.8. The standard InChI is InChI=1S/C14H27N3OS/c1-10(2)15-9-13-12(5)16-14(19-13)17(11(3)4)7-8-18-6/h10-11,15H,7-9H2,1-6H3. The van der Waals surface area contributed by atoms with Crippen LogP contribution in [-0.2, 0) is 11.3 Å². The van der Waals surface area contributed by atoms with Gasteiger partial charge in [-0.1, -0.05) is 13.8 Å². The first-order valence-electron chi connectivity index (χ1n) is 6.91. The fraction of sp³-hybridized carbons (Fsp3) is 0.786. The fourth-order valence-corrected chi connectivity index (χ4v) is 2.93. The Balaban J connectivity index is 2.78. The third kappa shape index (κ3) is 5.09. The lowest BCUT2D eigenvalue weighted by molar-refractivity contribution is 0.204. The van der Waals surface area contributed by atoms with Crippen molar-refractivity contribution in [2.45, 2.75) is 53.2 Å². The van der Waals surface area contributed by atoms with Crippen LogP contribution in [0, 0.1) is 6.92 Å². The van der Waals surface area contributed by atoms with E-state index in [0.717, 1.165) is 30.5 Å². The van der Waals surface area contributed by atoms with Gasteiger partial charge in [0.15, 0.2) is 5.13 Å². The number of rotatable bonds is 8. The first-order valence-corrected chi connectivity index (χ1v) is 7.72. The van der Waals surface area contributed by atoms with Crippen molar-refractivity contribution >= 4 is 16.5 Å². The molecule has 4 nitrogen and oxygen atoms in total. The highest BCUT2D eigenvalue weighted by atomic mass is 32.1. The summed E-state index contributed by atoms with van der Waals surface area (Å²) < 4.78 is 5.18. The highest BCUT2D eigenvalue weighted by Crippen LogP contribution is 2.27. The van der Waals surface area contributed by atoms with E-state index in [1.54, 1.807) is 18.4 Å². The Morgan fingerprint density at radius 2 is 2.00 bits per heavy atom. The molecule has 110 valence electrons. The zero-order valence-electron chi connectivity index (χ0n) is 13.0. The van der Waals surface area contributed by atoms with Crippen molar-refractivity contribution in [2.75, 3.05) is 25.2 Å². The molecule has 1 rings (SSSR count). The number of thiazole rings is 1. The molecule has 1 heterocycles. The van der Waals surface area contributed by atoms with Gasteiger partial charge in [0, 0.05) is 37.2 Å². The van der Waals surface area contributed by atoms with E-state index in [9.17, 15) is 0 Å². The minimum Gasteiger partial charge on any atom is -0.383 e.